The molecule has 0 fully saturated rings. The molecule has 5 nitrogen and oxygen atoms in total. The van der Waals surface area contributed by atoms with Crippen LogP contribution < -0.4 is 10.9 Å². The SMILES string of the molecule is Cc1ccc(C)c(CSc2nc3cc(C(=O)NC(C)C)ccc3c(=O)n2CC(C)C)c1. The quantitative estimate of drug-likeness (QED) is 0.413. The summed E-state index contributed by atoms with van der Waals surface area (Å²) in [5, 5.41) is 4.12. The van der Waals surface area contributed by atoms with Crippen molar-refractivity contribution in [3.63, 3.8) is 0 Å². The van der Waals surface area contributed by atoms with Crippen LogP contribution in [0.15, 0.2) is 46.3 Å². The third-order valence-corrected chi connectivity index (χ3v) is 6.04. The van der Waals surface area contributed by atoms with Gasteiger partial charge in [0.25, 0.3) is 11.5 Å². The van der Waals surface area contributed by atoms with Crippen LogP contribution in [-0.4, -0.2) is 21.5 Å². The molecule has 0 radical (unpaired) electrons. The maximum Gasteiger partial charge on any atom is 0.262 e. The highest BCUT2D eigenvalue weighted by molar-refractivity contribution is 7.98. The number of amides is 1. The van der Waals surface area contributed by atoms with Crippen LogP contribution in [0.25, 0.3) is 10.9 Å². The van der Waals surface area contributed by atoms with Gasteiger partial charge in [0.2, 0.25) is 0 Å². The molecular formula is C25H31N3O2S. The topological polar surface area (TPSA) is 64.0 Å². The van der Waals surface area contributed by atoms with Gasteiger partial charge < -0.3 is 5.32 Å². The maximum absolute atomic E-state index is 13.3. The van der Waals surface area contributed by atoms with Crippen molar-refractivity contribution in [3.05, 3.63) is 69.0 Å². The van der Waals surface area contributed by atoms with Crippen molar-refractivity contribution in [2.24, 2.45) is 5.92 Å². The van der Waals surface area contributed by atoms with Crippen molar-refractivity contribution in [2.75, 3.05) is 0 Å². The first-order chi connectivity index (χ1) is 14.7. The van der Waals surface area contributed by atoms with Crippen LogP contribution in [0.1, 0.15) is 54.7 Å². The number of nitrogens with one attached hydrogen (secondary N) is 1. The standard InChI is InChI=1S/C25H31N3O2S/c1-15(2)13-28-24(30)21-10-9-19(23(29)26-16(3)4)12-22(21)27-25(28)31-14-20-11-17(5)7-8-18(20)6/h7-12,15-16H,13-14H2,1-6H3,(H,26,29). The van der Waals surface area contributed by atoms with Gasteiger partial charge in [-0.1, -0.05) is 49.4 Å². The number of benzene rings is 2. The Balaban J connectivity index is 2.04. The summed E-state index contributed by atoms with van der Waals surface area (Å²) in [5.74, 6) is 0.889. The number of rotatable bonds is 7. The predicted octanol–water partition coefficient (Wildman–Crippen LogP) is 5.10. The van der Waals surface area contributed by atoms with Crippen molar-refractivity contribution in [1.29, 1.82) is 0 Å². The molecule has 0 unspecified atom stereocenters. The third kappa shape index (κ3) is 5.56. The molecule has 3 rings (SSSR count). The highest BCUT2D eigenvalue weighted by Crippen LogP contribution is 2.25. The number of hydrogen-bond donors (Lipinski definition) is 1. The van der Waals surface area contributed by atoms with E-state index in [0.29, 0.717) is 34.1 Å². The van der Waals surface area contributed by atoms with E-state index >= 15 is 0 Å². The Morgan fingerprint density at radius 1 is 1.10 bits per heavy atom. The fraction of sp³-hybridized carbons (Fsp3) is 0.400. The van der Waals surface area contributed by atoms with Crippen LogP contribution in [0.2, 0.25) is 0 Å². The van der Waals surface area contributed by atoms with E-state index in [0.717, 1.165) is 5.75 Å². The van der Waals surface area contributed by atoms with E-state index in [9.17, 15) is 9.59 Å². The van der Waals surface area contributed by atoms with Crippen LogP contribution in [0.4, 0.5) is 0 Å². The number of hydrogen-bond acceptors (Lipinski definition) is 4. The second-order valence-electron chi connectivity index (χ2n) is 8.78. The van der Waals surface area contributed by atoms with Gasteiger partial charge in [-0.3, -0.25) is 14.2 Å². The average molecular weight is 438 g/mol. The molecule has 2 aromatic carbocycles. The third-order valence-electron chi connectivity index (χ3n) is 5.01. The molecule has 1 N–H and O–H groups in total. The Bertz CT molecular complexity index is 1170. The zero-order valence-corrected chi connectivity index (χ0v) is 20.0. The average Bonchev–Trinajstić information content (AvgIpc) is 2.70. The molecule has 31 heavy (non-hydrogen) atoms. The molecular weight excluding hydrogens is 406 g/mol. The Hall–Kier alpha value is -2.60. The Morgan fingerprint density at radius 3 is 2.52 bits per heavy atom. The minimum atomic E-state index is -0.158. The number of carbonyl (C=O) groups excluding carboxylic acids is 1. The van der Waals surface area contributed by atoms with Crippen LogP contribution >= 0.6 is 11.8 Å². The van der Waals surface area contributed by atoms with E-state index in [1.165, 1.54) is 16.7 Å². The van der Waals surface area contributed by atoms with Crippen molar-refractivity contribution in [3.8, 4) is 0 Å². The molecule has 6 heteroatoms. The molecule has 0 aliphatic carbocycles. The molecule has 0 bridgehead atoms. The van der Waals surface area contributed by atoms with Crippen LogP contribution in [-0.2, 0) is 12.3 Å². The number of thioether (sulfide) groups is 1. The zero-order valence-electron chi connectivity index (χ0n) is 19.2. The molecule has 0 atom stereocenters. The summed E-state index contributed by atoms with van der Waals surface area (Å²) in [7, 11) is 0. The van der Waals surface area contributed by atoms with E-state index < -0.39 is 0 Å². The lowest BCUT2D eigenvalue weighted by molar-refractivity contribution is 0.0943. The van der Waals surface area contributed by atoms with Crippen LogP contribution in [0.3, 0.4) is 0 Å². The van der Waals surface area contributed by atoms with E-state index in [4.69, 9.17) is 4.98 Å². The normalized spacial score (nSPS) is 11.5. The highest BCUT2D eigenvalue weighted by Gasteiger charge is 2.16. The molecule has 0 saturated heterocycles. The minimum Gasteiger partial charge on any atom is -0.350 e. The monoisotopic (exact) mass is 437 g/mol. The Labute approximate surface area is 188 Å². The van der Waals surface area contributed by atoms with Gasteiger partial charge in [-0.2, -0.15) is 0 Å². The summed E-state index contributed by atoms with van der Waals surface area (Å²) < 4.78 is 1.77. The zero-order chi connectivity index (χ0) is 22.7. The number of carbonyl (C=O) groups is 1. The highest BCUT2D eigenvalue weighted by atomic mass is 32.2. The molecule has 1 amide bonds. The second-order valence-corrected chi connectivity index (χ2v) is 9.73. The first-order valence-corrected chi connectivity index (χ1v) is 11.7. The molecule has 1 aromatic heterocycles. The fourth-order valence-corrected chi connectivity index (χ4v) is 4.49. The summed E-state index contributed by atoms with van der Waals surface area (Å²) in [5.41, 5.74) is 4.70. The van der Waals surface area contributed by atoms with Gasteiger partial charge in [-0.05, 0) is 62.9 Å². The van der Waals surface area contributed by atoms with Crippen molar-refractivity contribution in [2.45, 2.75) is 65.0 Å². The fourth-order valence-electron chi connectivity index (χ4n) is 3.42. The van der Waals surface area contributed by atoms with Crippen LogP contribution in [0, 0.1) is 19.8 Å². The lowest BCUT2D eigenvalue weighted by Gasteiger charge is -2.16. The number of fused-ring (bicyclic) bond motifs is 1. The van der Waals surface area contributed by atoms with Gasteiger partial charge >= 0.3 is 0 Å². The van der Waals surface area contributed by atoms with Crippen molar-refractivity contribution in [1.82, 2.24) is 14.9 Å². The summed E-state index contributed by atoms with van der Waals surface area (Å²) in [6.07, 6.45) is 0. The first kappa shape index (κ1) is 23.1. The van der Waals surface area contributed by atoms with E-state index in [1.807, 2.05) is 13.8 Å². The number of nitrogens with zero attached hydrogens (tertiary/aromatic N) is 2. The molecule has 1 heterocycles. The molecule has 0 saturated carbocycles. The van der Waals surface area contributed by atoms with Gasteiger partial charge in [-0.15, -0.1) is 0 Å². The second kappa shape index (κ2) is 9.69. The van der Waals surface area contributed by atoms with E-state index in [2.05, 4.69) is 51.2 Å². The predicted molar refractivity (Wildman–Crippen MR) is 129 cm³/mol. The Morgan fingerprint density at radius 2 is 1.84 bits per heavy atom. The lowest BCUT2D eigenvalue weighted by Crippen LogP contribution is -2.30. The van der Waals surface area contributed by atoms with Crippen LogP contribution in [0.5, 0.6) is 0 Å². The maximum atomic E-state index is 13.3. The molecule has 0 aliphatic rings. The van der Waals surface area contributed by atoms with Gasteiger partial charge in [-0.25, -0.2) is 4.98 Å². The Kier molecular flexibility index (Phi) is 7.21. The summed E-state index contributed by atoms with van der Waals surface area (Å²) in [4.78, 5) is 30.5. The largest absolute Gasteiger partial charge is 0.350 e. The summed E-state index contributed by atoms with van der Waals surface area (Å²) in [6, 6.07) is 11.6. The summed E-state index contributed by atoms with van der Waals surface area (Å²) >= 11 is 1.57. The molecule has 0 aliphatic heterocycles. The van der Waals surface area contributed by atoms with Gasteiger partial charge in [0.05, 0.1) is 10.9 Å². The van der Waals surface area contributed by atoms with E-state index in [1.54, 1.807) is 34.5 Å². The van der Waals surface area contributed by atoms with Gasteiger partial charge in [0.15, 0.2) is 5.16 Å². The van der Waals surface area contributed by atoms with Gasteiger partial charge in [0, 0.05) is 23.9 Å². The first-order valence-electron chi connectivity index (χ1n) is 10.7. The van der Waals surface area contributed by atoms with E-state index in [-0.39, 0.29) is 17.5 Å². The van der Waals surface area contributed by atoms with Gasteiger partial charge in [0.1, 0.15) is 0 Å². The number of aromatic nitrogens is 2. The molecule has 3 aromatic rings. The van der Waals surface area contributed by atoms with Crippen molar-refractivity contribution >= 4 is 28.6 Å². The number of aryl methyl sites for hydroxylation is 2. The molecule has 164 valence electrons. The molecule has 0 spiro atoms. The summed E-state index contributed by atoms with van der Waals surface area (Å²) in [6.45, 7) is 12.8. The smallest absolute Gasteiger partial charge is 0.262 e. The van der Waals surface area contributed by atoms with Crippen molar-refractivity contribution < 1.29 is 4.79 Å². The lowest BCUT2D eigenvalue weighted by atomic mass is 10.1. The minimum absolute atomic E-state index is 0.0406.